The van der Waals surface area contributed by atoms with Crippen molar-refractivity contribution in [3.8, 4) is 23.3 Å². The minimum Gasteiger partial charge on any atom is -0.497 e. The summed E-state index contributed by atoms with van der Waals surface area (Å²) in [5, 5.41) is 0. The average Bonchev–Trinajstić information content (AvgIpc) is 2.65. The zero-order chi connectivity index (χ0) is 20.4. The van der Waals surface area contributed by atoms with Crippen LogP contribution in [0.15, 0.2) is 60.7 Å². The molecule has 0 saturated heterocycles. The first-order chi connectivity index (χ1) is 13.4. The molecule has 2 aromatic rings. The zero-order valence-corrected chi connectivity index (χ0v) is 18.9. The number of benzene rings is 2. The van der Waals surface area contributed by atoms with E-state index in [2.05, 4.69) is 62.8 Å². The monoisotopic (exact) mass is 413 g/mol. The Morgan fingerprint density at radius 3 is 2.34 bits per heavy atom. The van der Waals surface area contributed by atoms with E-state index in [1.165, 1.54) is 5.56 Å². The number of likely N-dealkylation sites (N-methyl/N-ethyl adjacent to an activating group) is 1. The summed E-state index contributed by atoms with van der Waals surface area (Å²) in [6, 6.07) is 16.2. The molecule has 156 valence electrons. The molecule has 0 aliphatic carbocycles. The van der Waals surface area contributed by atoms with Crippen LogP contribution >= 0.6 is 12.4 Å². The molecule has 2 aromatic carbocycles. The molecule has 0 saturated carbocycles. The Labute approximate surface area is 182 Å². The lowest BCUT2D eigenvalue weighted by atomic mass is 9.98. The molecule has 0 radical (unpaired) electrons. The average molecular weight is 414 g/mol. The molecule has 2 rings (SSSR count). The Balaban J connectivity index is 0.00000420. The molecule has 3 nitrogen and oxygen atoms in total. The van der Waals surface area contributed by atoms with Crippen molar-refractivity contribution in [2.24, 2.45) is 5.41 Å². The van der Waals surface area contributed by atoms with Crippen molar-refractivity contribution in [1.82, 2.24) is 4.90 Å². The van der Waals surface area contributed by atoms with Gasteiger partial charge in [0.05, 0.1) is 7.11 Å². The first kappa shape index (κ1) is 24.6. The number of rotatable bonds is 8. The van der Waals surface area contributed by atoms with E-state index in [0.29, 0.717) is 6.61 Å². The predicted molar refractivity (Wildman–Crippen MR) is 124 cm³/mol. The van der Waals surface area contributed by atoms with E-state index < -0.39 is 0 Å². The second-order valence-electron chi connectivity index (χ2n) is 7.91. The van der Waals surface area contributed by atoms with Gasteiger partial charge in [-0.15, -0.1) is 12.4 Å². The highest BCUT2D eigenvalue weighted by Crippen LogP contribution is 2.18. The molecule has 0 heterocycles. The Morgan fingerprint density at radius 1 is 1.00 bits per heavy atom. The summed E-state index contributed by atoms with van der Waals surface area (Å²) < 4.78 is 11.2. The zero-order valence-electron chi connectivity index (χ0n) is 18.1. The molecule has 0 atom stereocenters. The van der Waals surface area contributed by atoms with Crippen molar-refractivity contribution in [2.45, 2.75) is 33.9 Å². The fraction of sp³-hybridized carbons (Fsp3) is 0.360. The second kappa shape index (κ2) is 12.2. The molecule has 0 fully saturated rings. The van der Waals surface area contributed by atoms with Gasteiger partial charge in [0.15, 0.2) is 0 Å². The number of hydrogen-bond acceptors (Lipinski definition) is 3. The van der Waals surface area contributed by atoms with Crippen molar-refractivity contribution < 1.29 is 9.47 Å². The van der Waals surface area contributed by atoms with Crippen molar-refractivity contribution in [3.63, 3.8) is 0 Å². The number of hydrogen-bond donors (Lipinski definition) is 0. The highest BCUT2D eigenvalue weighted by Gasteiger charge is 2.03. The predicted octanol–water partition coefficient (Wildman–Crippen LogP) is 5.73. The lowest BCUT2D eigenvalue weighted by molar-refractivity contribution is 0.303. The lowest BCUT2D eigenvalue weighted by Gasteiger charge is -2.15. The fourth-order valence-electron chi connectivity index (χ4n) is 2.59. The molecular weight excluding hydrogens is 382 g/mol. The number of allylic oxidation sites excluding steroid dienone is 1. The third-order valence-corrected chi connectivity index (χ3v) is 3.96. The Hall–Kier alpha value is -2.41. The van der Waals surface area contributed by atoms with Gasteiger partial charge in [-0.2, -0.15) is 0 Å². The van der Waals surface area contributed by atoms with Gasteiger partial charge in [-0.05, 0) is 69.3 Å². The third kappa shape index (κ3) is 10.1. The van der Waals surface area contributed by atoms with Gasteiger partial charge in [0.25, 0.3) is 0 Å². The maximum atomic E-state index is 5.95. The maximum Gasteiger partial charge on any atom is 0.120 e. The summed E-state index contributed by atoms with van der Waals surface area (Å²) in [5.74, 6) is 8.04. The van der Waals surface area contributed by atoms with Gasteiger partial charge in [0, 0.05) is 18.5 Å². The van der Waals surface area contributed by atoms with Gasteiger partial charge >= 0.3 is 0 Å². The van der Waals surface area contributed by atoms with Crippen LogP contribution in [-0.4, -0.2) is 25.6 Å². The van der Waals surface area contributed by atoms with E-state index in [9.17, 15) is 0 Å². The van der Waals surface area contributed by atoms with Crippen molar-refractivity contribution in [3.05, 3.63) is 71.8 Å². The SMILES string of the molecule is COc1cccc(COc2cccc(CN(C)C/C=C/C#CC(C)(C)C)c2)c1.Cl. The van der Waals surface area contributed by atoms with E-state index in [1.54, 1.807) is 7.11 Å². The summed E-state index contributed by atoms with van der Waals surface area (Å²) >= 11 is 0. The van der Waals surface area contributed by atoms with Crippen LogP contribution in [0.1, 0.15) is 31.9 Å². The van der Waals surface area contributed by atoms with Gasteiger partial charge in [-0.3, -0.25) is 4.90 Å². The quantitative estimate of drug-likeness (QED) is 0.515. The number of nitrogens with zero attached hydrogens (tertiary/aromatic N) is 1. The first-order valence-corrected chi connectivity index (χ1v) is 9.56. The van der Waals surface area contributed by atoms with E-state index in [0.717, 1.165) is 30.2 Å². The molecule has 0 amide bonds. The second-order valence-corrected chi connectivity index (χ2v) is 7.91. The minimum atomic E-state index is 0. The Bertz CT molecular complexity index is 844. The normalized spacial score (nSPS) is 11.0. The van der Waals surface area contributed by atoms with Gasteiger partial charge < -0.3 is 9.47 Å². The molecule has 0 aliphatic rings. The van der Waals surface area contributed by atoms with Crippen LogP contribution in [0.5, 0.6) is 11.5 Å². The Morgan fingerprint density at radius 2 is 1.66 bits per heavy atom. The van der Waals surface area contributed by atoms with E-state index in [4.69, 9.17) is 9.47 Å². The van der Waals surface area contributed by atoms with Crippen molar-refractivity contribution >= 4 is 12.4 Å². The molecule has 0 N–H and O–H groups in total. The van der Waals surface area contributed by atoms with E-state index in [1.807, 2.05) is 42.5 Å². The summed E-state index contributed by atoms with van der Waals surface area (Å²) in [4.78, 5) is 2.25. The summed E-state index contributed by atoms with van der Waals surface area (Å²) in [6.45, 7) is 8.57. The topological polar surface area (TPSA) is 21.7 Å². The van der Waals surface area contributed by atoms with E-state index >= 15 is 0 Å². The molecular formula is C25H32ClNO2. The van der Waals surface area contributed by atoms with Crippen LogP contribution < -0.4 is 9.47 Å². The van der Waals surface area contributed by atoms with Crippen LogP contribution in [0.4, 0.5) is 0 Å². The smallest absolute Gasteiger partial charge is 0.120 e. The molecule has 29 heavy (non-hydrogen) atoms. The van der Waals surface area contributed by atoms with Crippen LogP contribution in [0.25, 0.3) is 0 Å². The van der Waals surface area contributed by atoms with Gasteiger partial charge in [-0.1, -0.05) is 42.2 Å². The minimum absolute atomic E-state index is 0. The molecule has 0 spiro atoms. The van der Waals surface area contributed by atoms with Crippen molar-refractivity contribution in [1.29, 1.82) is 0 Å². The summed E-state index contributed by atoms with van der Waals surface area (Å²) in [7, 11) is 3.78. The first-order valence-electron chi connectivity index (χ1n) is 9.56. The van der Waals surface area contributed by atoms with Gasteiger partial charge in [-0.25, -0.2) is 0 Å². The van der Waals surface area contributed by atoms with Crippen LogP contribution in [0.3, 0.4) is 0 Å². The third-order valence-electron chi connectivity index (χ3n) is 3.96. The molecule has 0 aliphatic heterocycles. The van der Waals surface area contributed by atoms with Gasteiger partial charge in [0.2, 0.25) is 0 Å². The van der Waals surface area contributed by atoms with E-state index in [-0.39, 0.29) is 17.8 Å². The molecule has 4 heteroatoms. The maximum absolute atomic E-state index is 5.95. The standard InChI is InChI=1S/C25H31NO2.ClH/c1-25(2,3)15-7-6-8-16-26(4)19-21-11-9-14-24(17-21)28-20-22-12-10-13-23(18-22)27-5;/h6,8-14,17-18H,16,19-20H2,1-5H3;1H/b8-6+;. The molecule has 0 bridgehead atoms. The lowest BCUT2D eigenvalue weighted by Crippen LogP contribution is -2.17. The largest absolute Gasteiger partial charge is 0.497 e. The molecule has 0 aromatic heterocycles. The number of halogens is 1. The van der Waals surface area contributed by atoms with Crippen LogP contribution in [0, 0.1) is 17.3 Å². The van der Waals surface area contributed by atoms with Crippen molar-refractivity contribution in [2.75, 3.05) is 20.7 Å². The number of methoxy groups -OCH3 is 1. The highest BCUT2D eigenvalue weighted by molar-refractivity contribution is 5.85. The van der Waals surface area contributed by atoms with Crippen LogP contribution in [0.2, 0.25) is 0 Å². The summed E-state index contributed by atoms with van der Waals surface area (Å²) in [5.41, 5.74) is 2.35. The van der Waals surface area contributed by atoms with Crippen LogP contribution in [-0.2, 0) is 13.2 Å². The summed E-state index contributed by atoms with van der Waals surface area (Å²) in [6.07, 6.45) is 4.04. The van der Waals surface area contributed by atoms with Gasteiger partial charge in [0.1, 0.15) is 18.1 Å². The fourth-order valence-corrected chi connectivity index (χ4v) is 2.59. The number of ether oxygens (including phenoxy) is 2. The highest BCUT2D eigenvalue weighted by atomic mass is 35.5. The molecule has 0 unspecified atom stereocenters. The Kier molecular flexibility index (Phi) is 10.4.